The van der Waals surface area contributed by atoms with Gasteiger partial charge >= 0.3 is 0 Å². The zero-order chi connectivity index (χ0) is 14.1. The first kappa shape index (κ1) is 13.0. The third-order valence-corrected chi connectivity index (χ3v) is 4.03. The lowest BCUT2D eigenvalue weighted by Gasteiger charge is -2.16. The van der Waals surface area contributed by atoms with E-state index in [-0.39, 0.29) is 5.91 Å². The summed E-state index contributed by atoms with van der Waals surface area (Å²) in [6.07, 6.45) is 5.69. The Morgan fingerprint density at radius 2 is 2.40 bits per heavy atom. The second-order valence-corrected chi connectivity index (χ2v) is 5.24. The zero-order valence-corrected chi connectivity index (χ0v) is 12.0. The molecule has 0 aromatic carbocycles. The number of rotatable bonds is 3. The van der Waals surface area contributed by atoms with Crippen LogP contribution in [0.3, 0.4) is 0 Å². The van der Waals surface area contributed by atoms with Gasteiger partial charge in [-0.3, -0.25) is 4.79 Å². The molecule has 106 valence electrons. The molecule has 3 rings (SSSR count). The van der Waals surface area contributed by atoms with Gasteiger partial charge in [-0.1, -0.05) is 6.92 Å². The molecule has 20 heavy (non-hydrogen) atoms. The average molecular weight is 272 g/mol. The molecule has 3 heterocycles. The molecule has 1 amide bonds. The lowest BCUT2D eigenvalue weighted by atomic mass is 10.1. The van der Waals surface area contributed by atoms with Crippen LogP contribution in [0.5, 0.6) is 0 Å². The van der Waals surface area contributed by atoms with E-state index in [0.29, 0.717) is 12.3 Å². The number of amides is 1. The van der Waals surface area contributed by atoms with Gasteiger partial charge in [0.2, 0.25) is 5.91 Å². The Morgan fingerprint density at radius 3 is 3.15 bits per heavy atom. The molecule has 5 nitrogen and oxygen atoms in total. The summed E-state index contributed by atoms with van der Waals surface area (Å²) >= 11 is 0. The highest BCUT2D eigenvalue weighted by atomic mass is 16.2. The number of aromatic nitrogens is 2. The minimum Gasteiger partial charge on any atom is -0.371 e. The van der Waals surface area contributed by atoms with E-state index in [2.05, 4.69) is 15.9 Å². The SMILES string of the molecule is CCC(=O)N1CCC(c2cn3cccc3c(NC)n2)C1. The van der Waals surface area contributed by atoms with E-state index in [1.54, 1.807) is 0 Å². The van der Waals surface area contributed by atoms with Crippen molar-refractivity contribution in [2.24, 2.45) is 0 Å². The van der Waals surface area contributed by atoms with Crippen LogP contribution in [0.25, 0.3) is 5.52 Å². The number of carbonyl (C=O) groups excluding carboxylic acids is 1. The molecule has 1 unspecified atom stereocenters. The molecule has 1 aliphatic rings. The molecule has 1 saturated heterocycles. The lowest BCUT2D eigenvalue weighted by Crippen LogP contribution is -2.27. The number of fused-ring (bicyclic) bond motifs is 1. The Balaban J connectivity index is 1.89. The number of likely N-dealkylation sites (tertiary alicyclic amines) is 1. The first-order valence-corrected chi connectivity index (χ1v) is 7.16. The normalized spacial score (nSPS) is 18.7. The predicted octanol–water partition coefficient (Wildman–Crippen LogP) is 2.10. The summed E-state index contributed by atoms with van der Waals surface area (Å²) in [6, 6.07) is 4.06. The zero-order valence-electron chi connectivity index (χ0n) is 12.0. The fourth-order valence-corrected chi connectivity index (χ4v) is 2.90. The van der Waals surface area contributed by atoms with Crippen LogP contribution in [0.15, 0.2) is 24.5 Å². The lowest BCUT2D eigenvalue weighted by molar-refractivity contribution is -0.129. The molecular formula is C15H20N4O. The molecule has 2 aromatic heterocycles. The van der Waals surface area contributed by atoms with Crippen LogP contribution < -0.4 is 5.32 Å². The van der Waals surface area contributed by atoms with Crippen molar-refractivity contribution < 1.29 is 4.79 Å². The highest BCUT2D eigenvalue weighted by Crippen LogP contribution is 2.28. The van der Waals surface area contributed by atoms with Crippen LogP contribution >= 0.6 is 0 Å². The van der Waals surface area contributed by atoms with Gasteiger partial charge in [-0.2, -0.15) is 0 Å². The molecule has 1 atom stereocenters. The van der Waals surface area contributed by atoms with Crippen molar-refractivity contribution >= 4 is 17.2 Å². The number of hydrogen-bond donors (Lipinski definition) is 1. The predicted molar refractivity (Wildman–Crippen MR) is 79.0 cm³/mol. The van der Waals surface area contributed by atoms with Crippen molar-refractivity contribution in [3.05, 3.63) is 30.2 Å². The Labute approximate surface area is 118 Å². The number of carbonyl (C=O) groups is 1. The van der Waals surface area contributed by atoms with Gasteiger partial charge in [-0.15, -0.1) is 0 Å². The second-order valence-electron chi connectivity index (χ2n) is 5.24. The fraction of sp³-hybridized carbons (Fsp3) is 0.467. The third-order valence-electron chi connectivity index (χ3n) is 4.03. The summed E-state index contributed by atoms with van der Waals surface area (Å²) in [7, 11) is 1.89. The van der Waals surface area contributed by atoms with E-state index in [9.17, 15) is 4.79 Å². The number of hydrogen-bond acceptors (Lipinski definition) is 3. The first-order chi connectivity index (χ1) is 9.72. The largest absolute Gasteiger partial charge is 0.371 e. The number of nitrogens with zero attached hydrogens (tertiary/aromatic N) is 3. The average Bonchev–Trinajstić information content (AvgIpc) is 3.13. The first-order valence-electron chi connectivity index (χ1n) is 7.16. The van der Waals surface area contributed by atoms with Crippen LogP contribution in [0.2, 0.25) is 0 Å². The number of anilines is 1. The molecule has 1 aliphatic heterocycles. The summed E-state index contributed by atoms with van der Waals surface area (Å²) in [5.74, 6) is 1.47. The van der Waals surface area contributed by atoms with E-state index >= 15 is 0 Å². The second kappa shape index (κ2) is 5.15. The molecular weight excluding hydrogens is 252 g/mol. The van der Waals surface area contributed by atoms with Crippen molar-refractivity contribution in [3.8, 4) is 0 Å². The standard InChI is InChI=1S/C15H20N4O/c1-3-14(20)19-8-6-11(9-19)12-10-18-7-4-5-13(18)15(16-2)17-12/h4-5,7,10-11H,3,6,8-9H2,1-2H3,(H,16,17). The summed E-state index contributed by atoms with van der Waals surface area (Å²) < 4.78 is 2.10. The van der Waals surface area contributed by atoms with E-state index < -0.39 is 0 Å². The molecule has 5 heteroatoms. The van der Waals surface area contributed by atoms with Gasteiger partial charge < -0.3 is 14.6 Å². The van der Waals surface area contributed by atoms with E-state index in [4.69, 9.17) is 4.98 Å². The van der Waals surface area contributed by atoms with Gasteiger partial charge in [0.05, 0.1) is 11.2 Å². The molecule has 0 saturated carbocycles. The highest BCUT2D eigenvalue weighted by Gasteiger charge is 2.28. The van der Waals surface area contributed by atoms with Crippen LogP contribution in [0.1, 0.15) is 31.4 Å². The maximum absolute atomic E-state index is 11.8. The van der Waals surface area contributed by atoms with Crippen LogP contribution in [0.4, 0.5) is 5.82 Å². The van der Waals surface area contributed by atoms with Gasteiger partial charge in [0, 0.05) is 44.9 Å². The Kier molecular flexibility index (Phi) is 3.34. The minimum absolute atomic E-state index is 0.239. The molecule has 1 fully saturated rings. The van der Waals surface area contributed by atoms with Gasteiger partial charge in [-0.25, -0.2) is 4.98 Å². The topological polar surface area (TPSA) is 49.6 Å². The molecule has 0 aliphatic carbocycles. The smallest absolute Gasteiger partial charge is 0.222 e. The quantitative estimate of drug-likeness (QED) is 0.931. The van der Waals surface area contributed by atoms with Crippen LogP contribution in [-0.2, 0) is 4.79 Å². The fourth-order valence-electron chi connectivity index (χ4n) is 2.90. The van der Waals surface area contributed by atoms with Crippen molar-refractivity contribution in [1.29, 1.82) is 0 Å². The highest BCUT2D eigenvalue weighted by molar-refractivity contribution is 5.76. The maximum atomic E-state index is 11.8. The van der Waals surface area contributed by atoms with Crippen molar-refractivity contribution in [1.82, 2.24) is 14.3 Å². The van der Waals surface area contributed by atoms with Gasteiger partial charge in [0.1, 0.15) is 5.82 Å². The van der Waals surface area contributed by atoms with Crippen molar-refractivity contribution in [2.45, 2.75) is 25.7 Å². The van der Waals surface area contributed by atoms with E-state index in [0.717, 1.165) is 36.5 Å². The molecule has 0 bridgehead atoms. The maximum Gasteiger partial charge on any atom is 0.222 e. The van der Waals surface area contributed by atoms with E-state index in [1.165, 1.54) is 0 Å². The summed E-state index contributed by atoms with van der Waals surface area (Å²) in [5.41, 5.74) is 2.14. The van der Waals surface area contributed by atoms with Crippen LogP contribution in [0, 0.1) is 0 Å². The molecule has 2 aromatic rings. The summed E-state index contributed by atoms with van der Waals surface area (Å²) in [5, 5.41) is 3.15. The van der Waals surface area contributed by atoms with Gasteiger partial charge in [-0.05, 0) is 18.6 Å². The Morgan fingerprint density at radius 1 is 1.55 bits per heavy atom. The minimum atomic E-state index is 0.239. The van der Waals surface area contributed by atoms with Gasteiger partial charge in [0.25, 0.3) is 0 Å². The van der Waals surface area contributed by atoms with Crippen molar-refractivity contribution in [3.63, 3.8) is 0 Å². The van der Waals surface area contributed by atoms with E-state index in [1.807, 2.05) is 37.2 Å². The third kappa shape index (κ3) is 2.13. The monoisotopic (exact) mass is 272 g/mol. The molecule has 0 spiro atoms. The van der Waals surface area contributed by atoms with Gasteiger partial charge in [0.15, 0.2) is 0 Å². The molecule has 1 N–H and O–H groups in total. The number of nitrogens with one attached hydrogen (secondary N) is 1. The Hall–Kier alpha value is -2.04. The van der Waals surface area contributed by atoms with Crippen molar-refractivity contribution in [2.75, 3.05) is 25.5 Å². The molecule has 0 radical (unpaired) electrons. The summed E-state index contributed by atoms with van der Waals surface area (Å²) in [6.45, 7) is 3.55. The Bertz CT molecular complexity index is 634. The van der Waals surface area contributed by atoms with Crippen LogP contribution in [-0.4, -0.2) is 40.3 Å². The summed E-state index contributed by atoms with van der Waals surface area (Å²) in [4.78, 5) is 18.4.